The van der Waals surface area contributed by atoms with Crippen molar-refractivity contribution in [3.05, 3.63) is 84.2 Å². The highest BCUT2D eigenvalue weighted by atomic mass is 32.2. The molecule has 2 N–H and O–H groups in total. The van der Waals surface area contributed by atoms with Gasteiger partial charge < -0.3 is 5.11 Å². The Labute approximate surface area is 201 Å². The number of pyridine rings is 1. The molecule has 0 saturated heterocycles. The Morgan fingerprint density at radius 1 is 1.03 bits per heavy atom. The molecule has 0 spiro atoms. The van der Waals surface area contributed by atoms with Crippen LogP contribution in [0.2, 0.25) is 0 Å². The SMILES string of the molecule is CC/C(=N/NC(=O)CSc1nnc(-c2ccncc2)n1-c1ccc(C)cc1)c1ccc(O)cc1. The molecule has 4 rings (SSSR count). The van der Waals surface area contributed by atoms with Crippen molar-refractivity contribution in [1.82, 2.24) is 25.2 Å². The third kappa shape index (κ3) is 5.49. The quantitative estimate of drug-likeness (QED) is 0.224. The molecule has 0 fully saturated rings. The monoisotopic (exact) mass is 472 g/mol. The number of aryl methyl sites for hydroxylation is 1. The zero-order valence-electron chi connectivity index (χ0n) is 18.8. The number of nitrogens with one attached hydrogen (secondary N) is 1. The number of aromatic nitrogens is 4. The summed E-state index contributed by atoms with van der Waals surface area (Å²) in [5.41, 5.74) is 7.12. The fourth-order valence-electron chi connectivity index (χ4n) is 3.27. The van der Waals surface area contributed by atoms with Gasteiger partial charge in [-0.2, -0.15) is 5.10 Å². The van der Waals surface area contributed by atoms with E-state index in [4.69, 9.17) is 0 Å². The van der Waals surface area contributed by atoms with Gasteiger partial charge in [0.15, 0.2) is 11.0 Å². The normalized spacial score (nSPS) is 11.4. The Balaban J connectivity index is 1.52. The van der Waals surface area contributed by atoms with Crippen LogP contribution in [0.5, 0.6) is 5.75 Å². The van der Waals surface area contributed by atoms with Gasteiger partial charge in [0.05, 0.1) is 11.5 Å². The van der Waals surface area contributed by atoms with Crippen LogP contribution in [-0.2, 0) is 4.79 Å². The van der Waals surface area contributed by atoms with E-state index in [1.165, 1.54) is 11.8 Å². The summed E-state index contributed by atoms with van der Waals surface area (Å²) < 4.78 is 1.93. The van der Waals surface area contributed by atoms with E-state index in [2.05, 4.69) is 25.7 Å². The van der Waals surface area contributed by atoms with E-state index in [-0.39, 0.29) is 17.4 Å². The molecule has 172 valence electrons. The van der Waals surface area contributed by atoms with Crippen molar-refractivity contribution in [1.29, 1.82) is 0 Å². The number of carbonyl (C=O) groups is 1. The first-order valence-electron chi connectivity index (χ1n) is 10.8. The molecule has 0 aliphatic heterocycles. The summed E-state index contributed by atoms with van der Waals surface area (Å²) in [7, 11) is 0. The van der Waals surface area contributed by atoms with Gasteiger partial charge in [0.1, 0.15) is 5.75 Å². The summed E-state index contributed by atoms with van der Waals surface area (Å²) >= 11 is 1.29. The highest BCUT2D eigenvalue weighted by molar-refractivity contribution is 7.99. The molecule has 8 nitrogen and oxygen atoms in total. The van der Waals surface area contributed by atoms with Gasteiger partial charge in [-0.15, -0.1) is 10.2 Å². The van der Waals surface area contributed by atoms with Crippen LogP contribution in [0.25, 0.3) is 17.1 Å². The molecule has 34 heavy (non-hydrogen) atoms. The number of carbonyl (C=O) groups excluding carboxylic acids is 1. The number of amides is 1. The number of hydrogen-bond donors (Lipinski definition) is 2. The number of thioether (sulfide) groups is 1. The predicted molar refractivity (Wildman–Crippen MR) is 133 cm³/mol. The van der Waals surface area contributed by atoms with Gasteiger partial charge >= 0.3 is 0 Å². The topological polar surface area (TPSA) is 105 Å². The first-order valence-corrected chi connectivity index (χ1v) is 11.7. The minimum atomic E-state index is -0.251. The zero-order chi connectivity index (χ0) is 23.9. The van der Waals surface area contributed by atoms with Crippen molar-refractivity contribution in [2.45, 2.75) is 25.4 Å². The Bertz CT molecular complexity index is 1290. The molecule has 0 radical (unpaired) electrons. The summed E-state index contributed by atoms with van der Waals surface area (Å²) in [6.45, 7) is 3.99. The Hall–Kier alpha value is -3.98. The minimum absolute atomic E-state index is 0.121. The van der Waals surface area contributed by atoms with Crippen LogP contribution in [0.4, 0.5) is 0 Å². The lowest BCUT2D eigenvalue weighted by Crippen LogP contribution is -2.22. The van der Waals surface area contributed by atoms with Gasteiger partial charge in [0, 0.05) is 23.6 Å². The van der Waals surface area contributed by atoms with Gasteiger partial charge in [-0.25, -0.2) is 5.43 Å². The van der Waals surface area contributed by atoms with Crippen LogP contribution >= 0.6 is 11.8 Å². The molecule has 0 saturated carbocycles. The molecular weight excluding hydrogens is 448 g/mol. The minimum Gasteiger partial charge on any atom is -0.508 e. The van der Waals surface area contributed by atoms with E-state index in [1.807, 2.05) is 54.8 Å². The maximum absolute atomic E-state index is 12.5. The van der Waals surface area contributed by atoms with Gasteiger partial charge in [0.25, 0.3) is 5.91 Å². The smallest absolute Gasteiger partial charge is 0.250 e. The van der Waals surface area contributed by atoms with Crippen LogP contribution in [0, 0.1) is 6.92 Å². The number of nitrogens with zero attached hydrogens (tertiary/aromatic N) is 5. The molecule has 4 aromatic rings. The first-order chi connectivity index (χ1) is 16.5. The van der Waals surface area contributed by atoms with Crippen LogP contribution in [0.15, 0.2) is 83.3 Å². The number of hydrogen-bond acceptors (Lipinski definition) is 7. The van der Waals surface area contributed by atoms with Crippen molar-refractivity contribution in [2.24, 2.45) is 5.10 Å². The summed E-state index contributed by atoms with van der Waals surface area (Å²) in [6, 6.07) is 18.5. The number of hydrazone groups is 1. The molecule has 0 aliphatic carbocycles. The maximum Gasteiger partial charge on any atom is 0.250 e. The summed E-state index contributed by atoms with van der Waals surface area (Å²) in [6.07, 6.45) is 4.05. The fraction of sp³-hybridized carbons (Fsp3) is 0.160. The number of benzene rings is 2. The lowest BCUT2D eigenvalue weighted by molar-refractivity contribution is -0.118. The highest BCUT2D eigenvalue weighted by Gasteiger charge is 2.17. The summed E-state index contributed by atoms with van der Waals surface area (Å²) in [4.78, 5) is 16.6. The largest absolute Gasteiger partial charge is 0.508 e. The number of aromatic hydroxyl groups is 1. The van der Waals surface area contributed by atoms with Gasteiger partial charge in [-0.1, -0.05) is 36.4 Å². The first kappa shape index (κ1) is 23.2. The molecular formula is C25H24N6O2S. The standard InChI is InChI=1S/C25H24N6O2S/c1-3-22(18-6-10-21(32)11-7-18)27-28-23(33)16-34-25-30-29-24(19-12-14-26-15-13-19)31(25)20-8-4-17(2)5-9-20/h4-15,32H,3,16H2,1-2H3,(H,28,33)/b27-22-. The second kappa shape index (κ2) is 10.8. The van der Waals surface area contributed by atoms with Crippen LogP contribution < -0.4 is 5.43 Å². The third-order valence-corrected chi connectivity index (χ3v) is 5.98. The van der Waals surface area contributed by atoms with Crippen LogP contribution in [0.3, 0.4) is 0 Å². The average Bonchev–Trinajstić information content (AvgIpc) is 3.29. The average molecular weight is 473 g/mol. The molecule has 2 aromatic heterocycles. The number of rotatable bonds is 8. The molecule has 0 aliphatic rings. The molecule has 1 amide bonds. The van der Waals surface area contributed by atoms with Crippen molar-refractivity contribution >= 4 is 23.4 Å². The number of phenols is 1. The van der Waals surface area contributed by atoms with E-state index in [0.717, 1.165) is 28.1 Å². The predicted octanol–water partition coefficient (Wildman–Crippen LogP) is 4.37. The lowest BCUT2D eigenvalue weighted by atomic mass is 10.1. The summed E-state index contributed by atoms with van der Waals surface area (Å²) in [5, 5.41) is 23.1. The van der Waals surface area contributed by atoms with Crippen molar-refractivity contribution < 1.29 is 9.90 Å². The molecule has 9 heteroatoms. The lowest BCUT2D eigenvalue weighted by Gasteiger charge is -2.10. The molecule has 0 atom stereocenters. The fourth-order valence-corrected chi connectivity index (χ4v) is 4.02. The van der Waals surface area contributed by atoms with E-state index < -0.39 is 0 Å². The Kier molecular flexibility index (Phi) is 7.34. The number of phenolic OH excluding ortho intramolecular Hbond substituents is 1. The van der Waals surface area contributed by atoms with Gasteiger partial charge in [-0.3, -0.25) is 14.3 Å². The van der Waals surface area contributed by atoms with E-state index >= 15 is 0 Å². The highest BCUT2D eigenvalue weighted by Crippen LogP contribution is 2.27. The third-order valence-electron chi connectivity index (χ3n) is 5.05. The second-order valence-corrected chi connectivity index (χ2v) is 8.44. The zero-order valence-corrected chi connectivity index (χ0v) is 19.7. The second-order valence-electron chi connectivity index (χ2n) is 7.50. The summed E-state index contributed by atoms with van der Waals surface area (Å²) in [5.74, 6) is 0.728. The van der Waals surface area contributed by atoms with Crippen LogP contribution in [-0.4, -0.2) is 42.2 Å². The molecule has 2 aromatic carbocycles. The van der Waals surface area contributed by atoms with E-state index in [0.29, 0.717) is 17.4 Å². The van der Waals surface area contributed by atoms with Crippen molar-refractivity contribution in [3.8, 4) is 22.8 Å². The molecule has 0 unspecified atom stereocenters. The van der Waals surface area contributed by atoms with Gasteiger partial charge in [-0.05, 0) is 67.4 Å². The Morgan fingerprint density at radius 3 is 2.41 bits per heavy atom. The van der Waals surface area contributed by atoms with Crippen LogP contribution in [0.1, 0.15) is 24.5 Å². The Morgan fingerprint density at radius 2 is 1.74 bits per heavy atom. The van der Waals surface area contributed by atoms with Gasteiger partial charge in [0.2, 0.25) is 0 Å². The molecule has 2 heterocycles. The van der Waals surface area contributed by atoms with E-state index in [9.17, 15) is 9.90 Å². The van der Waals surface area contributed by atoms with Crippen molar-refractivity contribution in [2.75, 3.05) is 5.75 Å². The van der Waals surface area contributed by atoms with E-state index in [1.54, 1.807) is 36.7 Å². The molecule has 0 bridgehead atoms. The van der Waals surface area contributed by atoms with Crippen molar-refractivity contribution in [3.63, 3.8) is 0 Å². The maximum atomic E-state index is 12.5.